The number of fused-ring (bicyclic) bond motifs is 1. The molecule has 2 heterocycles. The number of carbonyl (C=O) groups excluding carboxylic acids is 6. The molecule has 6 amide bonds. The summed E-state index contributed by atoms with van der Waals surface area (Å²) in [6.45, 7) is 12.2. The Morgan fingerprint density at radius 2 is 1.12 bits per heavy atom. The molecule has 4 rings (SSSR count). The third-order valence-corrected chi connectivity index (χ3v) is 10.8. The fraction of sp³-hybridized carbons (Fsp3) is 0.591. The van der Waals surface area contributed by atoms with Gasteiger partial charge in [0, 0.05) is 39.5 Å². The fourth-order valence-electron chi connectivity index (χ4n) is 7.90. The number of hydrogen-bond donors (Lipinski definition) is 3. The van der Waals surface area contributed by atoms with Gasteiger partial charge in [0.1, 0.15) is 30.2 Å². The molecule has 6 atom stereocenters. The van der Waals surface area contributed by atoms with Crippen LogP contribution in [0.4, 0.5) is 0 Å². The monoisotopic (exact) mass is 772 g/mol. The first-order valence-electron chi connectivity index (χ1n) is 20.4. The van der Waals surface area contributed by atoms with E-state index in [1.54, 1.807) is 19.0 Å². The summed E-state index contributed by atoms with van der Waals surface area (Å²) in [6, 6.07) is 13.6. The molecule has 2 aliphatic heterocycles. The Kier molecular flexibility index (Phi) is 16.0. The largest absolute Gasteiger partial charge is 0.351 e. The van der Waals surface area contributed by atoms with Gasteiger partial charge in [-0.1, -0.05) is 102 Å². The first-order chi connectivity index (χ1) is 26.5. The minimum atomic E-state index is -1.03. The van der Waals surface area contributed by atoms with Crippen LogP contribution in [0.25, 0.3) is 0 Å². The third-order valence-electron chi connectivity index (χ3n) is 10.8. The van der Waals surface area contributed by atoms with Gasteiger partial charge in [0.15, 0.2) is 0 Å². The number of nitrogens with zero attached hydrogens (tertiary/aromatic N) is 3. The predicted octanol–water partition coefficient (Wildman–Crippen LogP) is 4.11. The predicted molar refractivity (Wildman–Crippen MR) is 217 cm³/mol. The number of amides is 6. The maximum Gasteiger partial charge on any atom is 0.246 e. The number of hydrogen-bond acceptors (Lipinski definition) is 6. The molecule has 0 saturated carbocycles. The van der Waals surface area contributed by atoms with Crippen molar-refractivity contribution in [2.45, 2.75) is 129 Å². The highest BCUT2D eigenvalue weighted by molar-refractivity contribution is 5.97. The standard InChI is InChI=1S/C44H64N6O6/c1-28(2)22-35-42(54)49(8)38(24-30(5)6)44(56)50-21-15-20-36(50)43(55)48(7)37(23-29(3)4)41(53)47-34(26-32-18-13-10-14-19-32)40(52)45-33(27-39(51)46-35)25-31-16-11-9-12-17-31/h9-14,16-19,28-30,33-38H,15,20-27H2,1-8H3,(H,45,52)(H,46,51)(H,47,53)/t33-,34-,35+,36+,37+,38+/m0/s1. The number of rotatable bonds is 10. The second kappa shape index (κ2) is 20.4. The first kappa shape index (κ1) is 44.0. The molecule has 0 spiro atoms. The van der Waals surface area contributed by atoms with Crippen molar-refractivity contribution in [2.24, 2.45) is 17.8 Å². The molecule has 56 heavy (non-hydrogen) atoms. The van der Waals surface area contributed by atoms with Crippen molar-refractivity contribution >= 4 is 35.4 Å². The maximum atomic E-state index is 14.5. The van der Waals surface area contributed by atoms with E-state index in [-0.39, 0.29) is 48.3 Å². The van der Waals surface area contributed by atoms with Gasteiger partial charge in [0.2, 0.25) is 35.4 Å². The molecule has 306 valence electrons. The lowest BCUT2D eigenvalue weighted by Crippen LogP contribution is -2.59. The summed E-state index contributed by atoms with van der Waals surface area (Å²) >= 11 is 0. The van der Waals surface area contributed by atoms with E-state index in [2.05, 4.69) is 16.0 Å². The summed E-state index contributed by atoms with van der Waals surface area (Å²) in [6.07, 6.45) is 2.42. The number of nitrogens with one attached hydrogen (secondary N) is 3. The van der Waals surface area contributed by atoms with Gasteiger partial charge in [-0.05, 0) is 67.4 Å². The van der Waals surface area contributed by atoms with Crippen molar-refractivity contribution in [3.63, 3.8) is 0 Å². The number of likely N-dealkylation sites (N-methyl/N-ethyl adjacent to an activating group) is 2. The molecule has 2 aliphatic rings. The van der Waals surface area contributed by atoms with Crippen LogP contribution >= 0.6 is 0 Å². The zero-order chi connectivity index (χ0) is 41.1. The van der Waals surface area contributed by atoms with Gasteiger partial charge < -0.3 is 30.7 Å². The van der Waals surface area contributed by atoms with Crippen LogP contribution in [0.2, 0.25) is 0 Å². The quantitative estimate of drug-likeness (QED) is 0.331. The molecule has 0 aliphatic carbocycles. The van der Waals surface area contributed by atoms with E-state index in [4.69, 9.17) is 0 Å². The molecule has 3 N–H and O–H groups in total. The van der Waals surface area contributed by atoms with Crippen molar-refractivity contribution in [3.05, 3.63) is 71.8 Å². The van der Waals surface area contributed by atoms with E-state index in [9.17, 15) is 28.8 Å². The molecule has 0 radical (unpaired) electrons. The molecule has 12 nitrogen and oxygen atoms in total. The summed E-state index contributed by atoms with van der Waals surface area (Å²) in [5, 5.41) is 9.03. The molecule has 2 saturated heterocycles. The van der Waals surface area contributed by atoms with E-state index in [1.807, 2.05) is 102 Å². The zero-order valence-corrected chi connectivity index (χ0v) is 34.6. The lowest BCUT2D eigenvalue weighted by atomic mass is 9.97. The van der Waals surface area contributed by atoms with Crippen LogP contribution in [0, 0.1) is 17.8 Å². The first-order valence-corrected chi connectivity index (χ1v) is 20.4. The van der Waals surface area contributed by atoms with Crippen LogP contribution in [0.5, 0.6) is 0 Å². The summed E-state index contributed by atoms with van der Waals surface area (Å²) in [5.41, 5.74) is 1.72. The van der Waals surface area contributed by atoms with Gasteiger partial charge in [-0.3, -0.25) is 28.8 Å². The van der Waals surface area contributed by atoms with Crippen LogP contribution in [0.3, 0.4) is 0 Å². The molecule has 2 aromatic carbocycles. The second-order valence-corrected chi connectivity index (χ2v) is 17.0. The van der Waals surface area contributed by atoms with Crippen LogP contribution in [0.1, 0.15) is 91.2 Å². The van der Waals surface area contributed by atoms with Crippen molar-refractivity contribution in [2.75, 3.05) is 20.6 Å². The summed E-state index contributed by atoms with van der Waals surface area (Å²) in [4.78, 5) is 90.5. The van der Waals surface area contributed by atoms with Crippen molar-refractivity contribution < 1.29 is 28.8 Å². The molecule has 0 bridgehead atoms. The minimum absolute atomic E-state index is 0.0213. The number of benzene rings is 2. The van der Waals surface area contributed by atoms with E-state index in [0.29, 0.717) is 45.1 Å². The highest BCUT2D eigenvalue weighted by atomic mass is 16.2. The molecule has 0 aromatic heterocycles. The van der Waals surface area contributed by atoms with Crippen LogP contribution in [0.15, 0.2) is 60.7 Å². The Morgan fingerprint density at radius 1 is 0.589 bits per heavy atom. The molecular weight excluding hydrogens is 709 g/mol. The topological polar surface area (TPSA) is 148 Å². The normalized spacial score (nSPS) is 25.2. The van der Waals surface area contributed by atoms with Crippen molar-refractivity contribution in [3.8, 4) is 0 Å². The van der Waals surface area contributed by atoms with Crippen molar-refractivity contribution in [1.29, 1.82) is 0 Å². The second-order valence-electron chi connectivity index (χ2n) is 17.0. The van der Waals surface area contributed by atoms with E-state index in [0.717, 1.165) is 11.1 Å². The third kappa shape index (κ3) is 12.1. The summed E-state index contributed by atoms with van der Waals surface area (Å²) in [5.74, 6) is -2.33. The number of carbonyl (C=O) groups is 6. The average Bonchev–Trinajstić information content (AvgIpc) is 3.64. The zero-order valence-electron chi connectivity index (χ0n) is 34.6. The Hall–Kier alpha value is -4.74. The highest BCUT2D eigenvalue weighted by Crippen LogP contribution is 2.26. The Morgan fingerprint density at radius 3 is 1.70 bits per heavy atom. The minimum Gasteiger partial charge on any atom is -0.351 e. The van der Waals surface area contributed by atoms with Crippen LogP contribution < -0.4 is 16.0 Å². The summed E-state index contributed by atoms with van der Waals surface area (Å²) in [7, 11) is 3.19. The maximum absolute atomic E-state index is 14.5. The van der Waals surface area contributed by atoms with Gasteiger partial charge in [0.05, 0.1) is 0 Å². The molecule has 0 unspecified atom stereocenters. The van der Waals surface area contributed by atoms with E-state index >= 15 is 0 Å². The van der Waals surface area contributed by atoms with Crippen LogP contribution in [-0.4, -0.2) is 107 Å². The van der Waals surface area contributed by atoms with Gasteiger partial charge in [-0.25, -0.2) is 0 Å². The molecular formula is C44H64N6O6. The van der Waals surface area contributed by atoms with Crippen molar-refractivity contribution in [1.82, 2.24) is 30.7 Å². The summed E-state index contributed by atoms with van der Waals surface area (Å²) < 4.78 is 0. The SMILES string of the molecule is CC(C)C[C@@H]1C(=O)N[C@@H](Cc2ccccc2)C(=O)N[C@@H](Cc2ccccc2)CC(=O)N[C@H](CC(C)C)C(=O)N(C)[C@H](CC(C)C)C(=O)N2CCC[C@@H]2C(=O)N1C. The lowest BCUT2D eigenvalue weighted by molar-refractivity contribution is -0.152. The molecule has 12 heteroatoms. The smallest absolute Gasteiger partial charge is 0.246 e. The molecule has 2 fully saturated rings. The Labute approximate surface area is 333 Å². The van der Waals surface area contributed by atoms with Gasteiger partial charge in [-0.2, -0.15) is 0 Å². The fourth-order valence-corrected chi connectivity index (χ4v) is 7.90. The van der Waals surface area contributed by atoms with Gasteiger partial charge >= 0.3 is 0 Å². The average molecular weight is 773 g/mol. The van der Waals surface area contributed by atoms with Gasteiger partial charge in [0.25, 0.3) is 0 Å². The van der Waals surface area contributed by atoms with Gasteiger partial charge in [-0.15, -0.1) is 0 Å². The molecule has 2 aromatic rings. The Balaban J connectivity index is 1.82. The van der Waals surface area contributed by atoms with E-state index < -0.39 is 54.0 Å². The van der Waals surface area contributed by atoms with E-state index in [1.165, 1.54) is 9.80 Å². The Bertz CT molecular complexity index is 1650. The highest BCUT2D eigenvalue weighted by Gasteiger charge is 2.43. The lowest BCUT2D eigenvalue weighted by Gasteiger charge is -2.37. The van der Waals surface area contributed by atoms with Crippen LogP contribution in [-0.2, 0) is 41.6 Å².